The number of aliphatic hydroxyl groups is 1. The van der Waals surface area contributed by atoms with Gasteiger partial charge in [0.1, 0.15) is 11.5 Å². The zero-order valence-electron chi connectivity index (χ0n) is 18.7. The fourth-order valence-corrected chi connectivity index (χ4v) is 4.23. The third-order valence-corrected chi connectivity index (χ3v) is 5.67. The van der Waals surface area contributed by atoms with Crippen molar-refractivity contribution in [3.05, 3.63) is 89.5 Å². The Kier molecular flexibility index (Phi) is 5.45. The van der Waals surface area contributed by atoms with E-state index in [0.717, 1.165) is 0 Å². The van der Waals surface area contributed by atoms with Gasteiger partial charge in [-0.05, 0) is 43.7 Å². The van der Waals surface area contributed by atoms with E-state index in [1.165, 1.54) is 4.90 Å². The Morgan fingerprint density at radius 1 is 0.971 bits per heavy atom. The highest BCUT2D eigenvalue weighted by Gasteiger charge is 2.47. The maximum Gasteiger partial charge on any atom is 0.300 e. The van der Waals surface area contributed by atoms with E-state index < -0.39 is 17.7 Å². The van der Waals surface area contributed by atoms with Crippen LogP contribution >= 0.6 is 0 Å². The molecule has 3 aromatic rings. The van der Waals surface area contributed by atoms with Gasteiger partial charge in [-0.15, -0.1) is 0 Å². The minimum absolute atomic E-state index is 0.00978. The van der Waals surface area contributed by atoms with Crippen LogP contribution in [0.15, 0.2) is 78.4 Å². The number of carbonyl (C=O) groups is 2. The molecule has 1 fully saturated rings. The van der Waals surface area contributed by atoms with Crippen LogP contribution in [0.3, 0.4) is 0 Å². The lowest BCUT2D eigenvalue weighted by atomic mass is 9.95. The first-order valence-electron chi connectivity index (χ1n) is 11.0. The van der Waals surface area contributed by atoms with Crippen LogP contribution in [0.1, 0.15) is 31.0 Å². The lowest BCUT2D eigenvalue weighted by Gasteiger charge is -2.25. The van der Waals surface area contributed by atoms with Crippen LogP contribution in [-0.4, -0.2) is 29.7 Å². The summed E-state index contributed by atoms with van der Waals surface area (Å²) >= 11 is 0. The van der Waals surface area contributed by atoms with Crippen LogP contribution in [0.2, 0.25) is 0 Å². The molecule has 2 aliphatic rings. The van der Waals surface area contributed by atoms with E-state index in [1.54, 1.807) is 42.5 Å². The van der Waals surface area contributed by atoms with Crippen molar-refractivity contribution in [2.24, 2.45) is 0 Å². The predicted molar refractivity (Wildman–Crippen MR) is 126 cm³/mol. The standard InChI is InChI=1S/C27H23NO6/c1-16(2)34-20-10-6-9-18(13-20)25(29)23-24(17-7-4-3-5-8-17)28(27(31)26(23)30)19-11-12-21-22(14-19)33-15-32-21/h3-14,16,24,29H,15H2,1-2H3/b25-23+. The zero-order chi connectivity index (χ0) is 23.8. The average Bonchev–Trinajstić information content (AvgIpc) is 3.41. The lowest BCUT2D eigenvalue weighted by Crippen LogP contribution is -2.29. The summed E-state index contributed by atoms with van der Waals surface area (Å²) in [4.78, 5) is 28.0. The van der Waals surface area contributed by atoms with Crippen molar-refractivity contribution in [3.8, 4) is 17.2 Å². The van der Waals surface area contributed by atoms with E-state index in [-0.39, 0.29) is 24.2 Å². The van der Waals surface area contributed by atoms with Crippen molar-refractivity contribution < 1.29 is 28.9 Å². The lowest BCUT2D eigenvalue weighted by molar-refractivity contribution is -0.132. The van der Waals surface area contributed by atoms with E-state index in [0.29, 0.717) is 34.1 Å². The molecule has 1 atom stereocenters. The number of rotatable bonds is 5. The van der Waals surface area contributed by atoms with Crippen molar-refractivity contribution in [1.82, 2.24) is 0 Å². The van der Waals surface area contributed by atoms with Gasteiger partial charge in [0.05, 0.1) is 17.7 Å². The normalized spacial score (nSPS) is 18.6. The van der Waals surface area contributed by atoms with Crippen LogP contribution in [0.4, 0.5) is 5.69 Å². The third kappa shape index (κ3) is 3.75. The Morgan fingerprint density at radius 3 is 2.50 bits per heavy atom. The maximum absolute atomic E-state index is 13.3. The second kappa shape index (κ2) is 8.59. The molecular formula is C27H23NO6. The fourth-order valence-electron chi connectivity index (χ4n) is 4.23. The Balaban J connectivity index is 1.66. The Morgan fingerprint density at radius 2 is 1.74 bits per heavy atom. The summed E-state index contributed by atoms with van der Waals surface area (Å²) in [6.45, 7) is 3.90. The highest BCUT2D eigenvalue weighted by molar-refractivity contribution is 6.51. The van der Waals surface area contributed by atoms with Gasteiger partial charge in [0.15, 0.2) is 11.5 Å². The molecule has 0 radical (unpaired) electrons. The quantitative estimate of drug-likeness (QED) is 0.336. The number of carbonyl (C=O) groups excluding carboxylic acids is 2. The van der Waals surface area contributed by atoms with Crippen LogP contribution in [0.5, 0.6) is 17.2 Å². The summed E-state index contributed by atoms with van der Waals surface area (Å²) < 4.78 is 16.6. The molecule has 1 amide bonds. The summed E-state index contributed by atoms with van der Waals surface area (Å²) in [7, 11) is 0. The number of nitrogens with zero attached hydrogens (tertiary/aromatic N) is 1. The predicted octanol–water partition coefficient (Wildman–Crippen LogP) is 4.83. The molecule has 2 heterocycles. The van der Waals surface area contributed by atoms with Crippen molar-refractivity contribution in [3.63, 3.8) is 0 Å². The van der Waals surface area contributed by atoms with Crippen molar-refractivity contribution in [1.29, 1.82) is 0 Å². The van der Waals surface area contributed by atoms with Gasteiger partial charge in [0.2, 0.25) is 6.79 Å². The van der Waals surface area contributed by atoms with Gasteiger partial charge in [-0.1, -0.05) is 42.5 Å². The molecule has 1 unspecified atom stereocenters. The smallest absolute Gasteiger partial charge is 0.300 e. The van der Waals surface area contributed by atoms with E-state index >= 15 is 0 Å². The molecule has 1 saturated heterocycles. The monoisotopic (exact) mass is 457 g/mol. The Hall–Kier alpha value is -4.26. The van der Waals surface area contributed by atoms with Crippen LogP contribution < -0.4 is 19.1 Å². The van der Waals surface area contributed by atoms with Crippen molar-refractivity contribution in [2.75, 3.05) is 11.7 Å². The molecule has 34 heavy (non-hydrogen) atoms. The van der Waals surface area contributed by atoms with Crippen molar-refractivity contribution >= 4 is 23.1 Å². The number of ether oxygens (including phenoxy) is 3. The molecule has 0 spiro atoms. The number of fused-ring (bicyclic) bond motifs is 1. The third-order valence-electron chi connectivity index (χ3n) is 5.67. The molecule has 172 valence electrons. The summed E-state index contributed by atoms with van der Waals surface area (Å²) in [6.07, 6.45) is -0.0571. The number of anilines is 1. The molecule has 1 N–H and O–H groups in total. The van der Waals surface area contributed by atoms with E-state index in [1.807, 2.05) is 44.2 Å². The van der Waals surface area contributed by atoms with Gasteiger partial charge in [0, 0.05) is 17.3 Å². The molecule has 7 heteroatoms. The Labute approximate surface area is 196 Å². The maximum atomic E-state index is 13.3. The number of hydrogen-bond acceptors (Lipinski definition) is 6. The Bertz CT molecular complexity index is 1300. The molecule has 5 rings (SSSR count). The number of benzene rings is 3. The number of aliphatic hydroxyl groups excluding tert-OH is 1. The number of Topliss-reactive ketones (excluding diaryl/α,β-unsaturated/α-hetero) is 1. The van der Waals surface area contributed by atoms with Gasteiger partial charge >= 0.3 is 0 Å². The number of hydrogen-bond donors (Lipinski definition) is 1. The highest BCUT2D eigenvalue weighted by Crippen LogP contribution is 2.45. The highest BCUT2D eigenvalue weighted by atomic mass is 16.7. The summed E-state index contributed by atoms with van der Waals surface area (Å²) in [6, 6.07) is 20.2. The average molecular weight is 457 g/mol. The van der Waals surface area contributed by atoms with Gasteiger partial charge in [-0.25, -0.2) is 0 Å². The summed E-state index contributed by atoms with van der Waals surface area (Å²) in [5.41, 5.74) is 1.56. The first-order valence-corrected chi connectivity index (χ1v) is 11.0. The van der Waals surface area contributed by atoms with Crippen molar-refractivity contribution in [2.45, 2.75) is 26.0 Å². The SMILES string of the molecule is CC(C)Oc1cccc(/C(O)=C2\C(=O)C(=O)N(c3ccc4c(c3)OCO4)C2c2ccccc2)c1. The molecule has 2 aliphatic heterocycles. The minimum atomic E-state index is -0.823. The summed E-state index contributed by atoms with van der Waals surface area (Å²) in [5, 5.41) is 11.3. The molecule has 0 bridgehead atoms. The van der Waals surface area contributed by atoms with Crippen LogP contribution in [-0.2, 0) is 9.59 Å². The second-order valence-corrected chi connectivity index (χ2v) is 8.31. The molecule has 7 nitrogen and oxygen atoms in total. The first kappa shape index (κ1) is 21.6. The van der Waals surface area contributed by atoms with E-state index in [9.17, 15) is 14.7 Å². The van der Waals surface area contributed by atoms with Crippen LogP contribution in [0, 0.1) is 0 Å². The van der Waals surface area contributed by atoms with Crippen LogP contribution in [0.25, 0.3) is 5.76 Å². The number of amides is 1. The fraction of sp³-hybridized carbons (Fsp3) is 0.185. The second-order valence-electron chi connectivity index (χ2n) is 8.31. The summed E-state index contributed by atoms with van der Waals surface area (Å²) in [5.74, 6) is -0.142. The van der Waals surface area contributed by atoms with Gasteiger partial charge in [-0.3, -0.25) is 14.5 Å². The van der Waals surface area contributed by atoms with Gasteiger partial charge < -0.3 is 19.3 Å². The molecule has 0 aromatic heterocycles. The molecular weight excluding hydrogens is 434 g/mol. The van der Waals surface area contributed by atoms with Gasteiger partial charge in [-0.2, -0.15) is 0 Å². The molecule has 0 saturated carbocycles. The molecule has 0 aliphatic carbocycles. The largest absolute Gasteiger partial charge is 0.507 e. The molecule has 3 aromatic carbocycles. The topological polar surface area (TPSA) is 85.3 Å². The van der Waals surface area contributed by atoms with E-state index in [2.05, 4.69) is 0 Å². The minimum Gasteiger partial charge on any atom is -0.507 e. The van der Waals surface area contributed by atoms with Gasteiger partial charge in [0.25, 0.3) is 11.7 Å². The van der Waals surface area contributed by atoms with E-state index in [4.69, 9.17) is 14.2 Å². The first-order chi connectivity index (χ1) is 16.4. The zero-order valence-corrected chi connectivity index (χ0v) is 18.7. The number of ketones is 1.